The van der Waals surface area contributed by atoms with Crippen LogP contribution in [0.2, 0.25) is 5.02 Å². The summed E-state index contributed by atoms with van der Waals surface area (Å²) in [6.45, 7) is 0.0128. The molecule has 1 aromatic rings. The van der Waals surface area contributed by atoms with Crippen molar-refractivity contribution in [2.75, 3.05) is 26.0 Å². The second kappa shape index (κ2) is 7.19. The van der Waals surface area contributed by atoms with Crippen LogP contribution in [0, 0.1) is 5.82 Å². The third kappa shape index (κ3) is 4.57. The first-order valence-electron chi connectivity index (χ1n) is 5.69. The first-order valence-corrected chi connectivity index (χ1v) is 7.55. The number of nitrogens with one attached hydrogen (secondary N) is 1. The fourth-order valence-electron chi connectivity index (χ4n) is 1.49. The summed E-state index contributed by atoms with van der Waals surface area (Å²) in [5, 5.41) is 9.01. The Balaban J connectivity index is 2.80. The van der Waals surface area contributed by atoms with E-state index in [-0.39, 0.29) is 30.3 Å². The fraction of sp³-hybridized carbons (Fsp3) is 0.455. The van der Waals surface area contributed by atoms with E-state index in [1.807, 2.05) is 0 Å². The molecule has 0 radical (unpaired) electrons. The highest BCUT2D eigenvalue weighted by Crippen LogP contribution is 2.25. The van der Waals surface area contributed by atoms with Crippen LogP contribution in [0.4, 0.5) is 10.1 Å². The van der Waals surface area contributed by atoms with E-state index in [2.05, 4.69) is 4.72 Å². The first kappa shape index (κ1) is 17.1. The molecule has 0 heterocycles. The van der Waals surface area contributed by atoms with Gasteiger partial charge < -0.3 is 15.6 Å². The number of methoxy groups -OCH3 is 1. The molecule has 0 aliphatic rings. The van der Waals surface area contributed by atoms with Gasteiger partial charge in [-0.15, -0.1) is 0 Å². The summed E-state index contributed by atoms with van der Waals surface area (Å²) in [5.74, 6) is -1.06. The van der Waals surface area contributed by atoms with Crippen molar-refractivity contribution in [1.29, 1.82) is 0 Å². The predicted molar refractivity (Wildman–Crippen MR) is 73.5 cm³/mol. The fourth-order valence-corrected chi connectivity index (χ4v) is 2.96. The van der Waals surface area contributed by atoms with Gasteiger partial charge in [-0.1, -0.05) is 11.6 Å². The minimum absolute atomic E-state index is 0.0381. The highest BCUT2D eigenvalue weighted by molar-refractivity contribution is 7.89. The van der Waals surface area contributed by atoms with Crippen molar-refractivity contribution in [1.82, 2.24) is 4.72 Å². The number of nitrogens with two attached hydrogens (primary N) is 1. The molecule has 0 aliphatic heterocycles. The highest BCUT2D eigenvalue weighted by Gasteiger charge is 2.21. The summed E-state index contributed by atoms with van der Waals surface area (Å²) in [7, 11) is -2.67. The van der Waals surface area contributed by atoms with Gasteiger partial charge in [0.1, 0.15) is 4.90 Å². The molecule has 20 heavy (non-hydrogen) atoms. The van der Waals surface area contributed by atoms with E-state index in [1.165, 1.54) is 7.11 Å². The lowest BCUT2D eigenvalue weighted by atomic mass is 10.3. The number of benzene rings is 1. The number of hydrogen-bond donors (Lipinski definition) is 3. The van der Waals surface area contributed by atoms with Crippen LogP contribution in [-0.4, -0.2) is 39.9 Å². The number of hydrogen-bond acceptors (Lipinski definition) is 5. The molecule has 0 saturated carbocycles. The summed E-state index contributed by atoms with van der Waals surface area (Å²) in [4.78, 5) is -0.622. The molecule has 6 nitrogen and oxygen atoms in total. The molecule has 0 bridgehead atoms. The smallest absolute Gasteiger partial charge is 0.243 e. The molecule has 0 spiro atoms. The van der Waals surface area contributed by atoms with Crippen LogP contribution in [0.5, 0.6) is 0 Å². The lowest BCUT2D eigenvalue weighted by molar-refractivity contribution is 0.0603. The van der Waals surface area contributed by atoms with Crippen LogP contribution >= 0.6 is 11.6 Å². The molecular weight excluding hydrogens is 311 g/mol. The quantitative estimate of drug-likeness (QED) is 0.641. The Morgan fingerprint density at radius 2 is 2.20 bits per heavy atom. The van der Waals surface area contributed by atoms with Crippen LogP contribution < -0.4 is 10.5 Å². The normalized spacial score (nSPS) is 13.4. The van der Waals surface area contributed by atoms with Gasteiger partial charge in [0.05, 0.1) is 17.7 Å². The largest absolute Gasteiger partial charge is 0.399 e. The van der Waals surface area contributed by atoms with E-state index in [0.717, 1.165) is 12.1 Å². The molecule has 9 heteroatoms. The number of aliphatic hydroxyl groups excluding tert-OH is 1. The third-order valence-corrected chi connectivity index (χ3v) is 4.17. The molecule has 1 atom stereocenters. The number of anilines is 1. The molecule has 1 aromatic carbocycles. The summed E-state index contributed by atoms with van der Waals surface area (Å²) in [5.41, 5.74) is 5.48. The van der Waals surface area contributed by atoms with E-state index < -0.39 is 26.8 Å². The number of rotatable bonds is 7. The lowest BCUT2D eigenvalue weighted by Gasteiger charge is -2.12. The Morgan fingerprint density at radius 1 is 1.55 bits per heavy atom. The van der Waals surface area contributed by atoms with Crippen LogP contribution in [0.1, 0.15) is 6.42 Å². The Kier molecular flexibility index (Phi) is 6.15. The van der Waals surface area contributed by atoms with Gasteiger partial charge in [-0.05, 0) is 18.6 Å². The number of halogens is 2. The topological polar surface area (TPSA) is 102 Å². The van der Waals surface area contributed by atoms with E-state index in [0.29, 0.717) is 0 Å². The van der Waals surface area contributed by atoms with Crippen molar-refractivity contribution in [2.45, 2.75) is 17.4 Å². The number of sulfonamides is 1. The van der Waals surface area contributed by atoms with Crippen LogP contribution in [0.25, 0.3) is 0 Å². The van der Waals surface area contributed by atoms with Crippen molar-refractivity contribution in [3.63, 3.8) is 0 Å². The van der Waals surface area contributed by atoms with Gasteiger partial charge in [0.15, 0.2) is 5.82 Å². The molecule has 4 N–H and O–H groups in total. The second-order valence-electron chi connectivity index (χ2n) is 4.11. The molecule has 114 valence electrons. The summed E-state index contributed by atoms with van der Waals surface area (Å²) in [6.07, 6.45) is -0.679. The average molecular weight is 327 g/mol. The van der Waals surface area contributed by atoms with E-state index in [1.54, 1.807) is 0 Å². The standard InChI is InChI=1S/C11H16ClFN2O4S/c1-19-6-8(16)2-3-15-20(17,18)10-5-7(14)4-9(12)11(10)13/h4-5,8,15-16H,2-3,6,14H2,1H3. The summed E-state index contributed by atoms with van der Waals surface area (Å²) in [6, 6.07) is 2.10. The molecule has 0 aliphatic carbocycles. The Labute approximate surface area is 121 Å². The lowest BCUT2D eigenvalue weighted by Crippen LogP contribution is -2.29. The van der Waals surface area contributed by atoms with Gasteiger partial charge in [-0.2, -0.15) is 0 Å². The maximum absolute atomic E-state index is 13.7. The molecule has 1 rings (SSSR count). The van der Waals surface area contributed by atoms with Crippen molar-refractivity contribution in [3.8, 4) is 0 Å². The Bertz CT molecular complexity index is 568. The zero-order valence-corrected chi connectivity index (χ0v) is 12.3. The Morgan fingerprint density at radius 3 is 2.80 bits per heavy atom. The van der Waals surface area contributed by atoms with Crippen molar-refractivity contribution in [2.24, 2.45) is 0 Å². The van der Waals surface area contributed by atoms with Crippen molar-refractivity contribution in [3.05, 3.63) is 23.0 Å². The van der Waals surface area contributed by atoms with Gasteiger partial charge in [0.25, 0.3) is 0 Å². The zero-order chi connectivity index (χ0) is 15.3. The minimum Gasteiger partial charge on any atom is -0.399 e. The molecule has 0 aromatic heterocycles. The number of aliphatic hydroxyl groups is 1. The van der Waals surface area contributed by atoms with E-state index in [4.69, 9.17) is 22.1 Å². The summed E-state index contributed by atoms with van der Waals surface area (Å²) >= 11 is 5.55. The predicted octanol–water partition coefficient (Wildman–Crippen LogP) is 0.737. The Hall–Kier alpha value is -0.930. The average Bonchev–Trinajstić information content (AvgIpc) is 2.33. The maximum Gasteiger partial charge on any atom is 0.243 e. The maximum atomic E-state index is 13.7. The van der Waals surface area contributed by atoms with Crippen molar-refractivity contribution < 1.29 is 22.7 Å². The number of nitrogen functional groups attached to an aromatic ring is 1. The molecular formula is C11H16ClFN2O4S. The van der Waals surface area contributed by atoms with Crippen LogP contribution in [-0.2, 0) is 14.8 Å². The van der Waals surface area contributed by atoms with Gasteiger partial charge in [-0.3, -0.25) is 0 Å². The van der Waals surface area contributed by atoms with Crippen molar-refractivity contribution >= 4 is 27.3 Å². The van der Waals surface area contributed by atoms with Crippen LogP contribution in [0.15, 0.2) is 17.0 Å². The third-order valence-electron chi connectivity index (χ3n) is 2.44. The SMILES string of the molecule is COCC(O)CCNS(=O)(=O)c1cc(N)cc(Cl)c1F. The zero-order valence-electron chi connectivity index (χ0n) is 10.8. The molecule has 0 fully saturated rings. The van der Waals surface area contributed by atoms with E-state index >= 15 is 0 Å². The van der Waals surface area contributed by atoms with Gasteiger partial charge in [0, 0.05) is 19.3 Å². The molecule has 1 unspecified atom stereocenters. The summed E-state index contributed by atoms with van der Waals surface area (Å²) < 4.78 is 44.4. The monoisotopic (exact) mass is 326 g/mol. The van der Waals surface area contributed by atoms with Crippen LogP contribution in [0.3, 0.4) is 0 Å². The van der Waals surface area contributed by atoms with E-state index in [9.17, 15) is 17.9 Å². The first-order chi connectivity index (χ1) is 9.27. The van der Waals surface area contributed by atoms with Gasteiger partial charge in [-0.25, -0.2) is 17.5 Å². The van der Waals surface area contributed by atoms with Gasteiger partial charge in [0.2, 0.25) is 10.0 Å². The van der Waals surface area contributed by atoms with Gasteiger partial charge >= 0.3 is 0 Å². The molecule has 0 saturated heterocycles. The highest BCUT2D eigenvalue weighted by atomic mass is 35.5. The minimum atomic E-state index is -4.09. The second-order valence-corrected chi connectivity index (χ2v) is 6.25. The number of ether oxygens (including phenoxy) is 1. The molecule has 0 amide bonds.